The van der Waals surface area contributed by atoms with Crippen LogP contribution in [0.4, 0.5) is 5.82 Å². The fourth-order valence-electron chi connectivity index (χ4n) is 2.38. The lowest BCUT2D eigenvalue weighted by atomic mass is 10.1. The van der Waals surface area contributed by atoms with Crippen LogP contribution < -0.4 is 10.6 Å². The monoisotopic (exact) mass is 401 g/mol. The van der Waals surface area contributed by atoms with E-state index < -0.39 is 0 Å². The Hall–Kier alpha value is -2.65. The summed E-state index contributed by atoms with van der Waals surface area (Å²) in [6.07, 6.45) is 1.53. The molecule has 0 saturated carbocycles. The third-order valence-electron chi connectivity index (χ3n) is 3.76. The van der Waals surface area contributed by atoms with Crippen molar-refractivity contribution in [2.24, 2.45) is 5.92 Å². The molecule has 7 nitrogen and oxygen atoms in total. The predicted octanol–water partition coefficient (Wildman–Crippen LogP) is 3.68. The van der Waals surface area contributed by atoms with Crippen molar-refractivity contribution < 1.29 is 9.59 Å². The summed E-state index contributed by atoms with van der Waals surface area (Å²) in [6, 6.07) is 5.12. The molecule has 3 aromatic heterocycles. The first-order chi connectivity index (χ1) is 12.9. The highest BCUT2D eigenvalue weighted by Gasteiger charge is 2.24. The zero-order chi connectivity index (χ0) is 19.4. The van der Waals surface area contributed by atoms with Crippen molar-refractivity contribution >= 4 is 40.3 Å². The maximum absolute atomic E-state index is 12.4. The molecule has 0 spiro atoms. The molecule has 3 rings (SSSR count). The van der Waals surface area contributed by atoms with Gasteiger partial charge in [-0.3, -0.25) is 14.6 Å². The van der Waals surface area contributed by atoms with E-state index in [1.165, 1.54) is 28.9 Å². The smallest absolute Gasteiger partial charge is 0.276 e. The van der Waals surface area contributed by atoms with Gasteiger partial charge in [0.2, 0.25) is 0 Å². The van der Waals surface area contributed by atoms with Gasteiger partial charge in [0.1, 0.15) is 21.4 Å². The largest absolute Gasteiger partial charge is 0.342 e. The Morgan fingerprint density at radius 3 is 2.59 bits per heavy atom. The number of amides is 2. The summed E-state index contributed by atoms with van der Waals surface area (Å²) in [5.41, 5.74) is 2.73. The van der Waals surface area contributed by atoms with Gasteiger partial charge in [-0.15, -0.1) is 22.7 Å². The number of carbonyl (C=O) groups is 2. The van der Waals surface area contributed by atoms with Gasteiger partial charge in [0, 0.05) is 11.1 Å². The van der Waals surface area contributed by atoms with Gasteiger partial charge in [0.05, 0.1) is 17.7 Å². The summed E-state index contributed by atoms with van der Waals surface area (Å²) < 4.78 is 0. The van der Waals surface area contributed by atoms with Crippen molar-refractivity contribution in [2.45, 2.75) is 26.8 Å². The highest BCUT2D eigenvalue weighted by atomic mass is 32.1. The topological polar surface area (TPSA) is 96.9 Å². The fourth-order valence-corrected chi connectivity index (χ4v) is 3.93. The number of hydrogen-bond donors (Lipinski definition) is 2. The minimum absolute atomic E-state index is 0.113. The van der Waals surface area contributed by atoms with E-state index in [1.54, 1.807) is 17.0 Å². The zero-order valence-electron chi connectivity index (χ0n) is 15.1. The standard InChI is InChI=1S/C18H19N5O2S2/c1-10(2)15(23-17(25)13-7-19-9-27-13)18-21-12(8-26-18)16(24)22-14-6-4-5-11(3)20-14/h4-10,15H,1-3H3,(H,23,25)(H,20,22,24)/t15-/m0/s1. The van der Waals surface area contributed by atoms with Crippen LogP contribution in [0.15, 0.2) is 35.3 Å². The van der Waals surface area contributed by atoms with E-state index in [-0.39, 0.29) is 23.8 Å². The maximum atomic E-state index is 12.4. The van der Waals surface area contributed by atoms with Gasteiger partial charge in [-0.2, -0.15) is 0 Å². The normalized spacial score (nSPS) is 12.0. The summed E-state index contributed by atoms with van der Waals surface area (Å²) in [5.74, 6) is 0.0732. The number of pyridine rings is 1. The van der Waals surface area contributed by atoms with E-state index in [4.69, 9.17) is 0 Å². The average Bonchev–Trinajstić information content (AvgIpc) is 3.31. The molecular weight excluding hydrogens is 382 g/mol. The minimum atomic E-state index is -0.327. The Balaban J connectivity index is 1.73. The van der Waals surface area contributed by atoms with Crippen LogP contribution in [0.5, 0.6) is 0 Å². The van der Waals surface area contributed by atoms with Crippen LogP contribution in [-0.4, -0.2) is 26.8 Å². The number of aromatic nitrogens is 3. The van der Waals surface area contributed by atoms with Crippen molar-refractivity contribution in [1.82, 2.24) is 20.3 Å². The molecule has 0 unspecified atom stereocenters. The van der Waals surface area contributed by atoms with Crippen molar-refractivity contribution in [3.8, 4) is 0 Å². The van der Waals surface area contributed by atoms with E-state index in [0.29, 0.717) is 21.4 Å². The quantitative estimate of drug-likeness (QED) is 0.657. The molecule has 0 aliphatic heterocycles. The molecule has 9 heteroatoms. The molecule has 0 aromatic carbocycles. The van der Waals surface area contributed by atoms with E-state index >= 15 is 0 Å². The number of carbonyl (C=O) groups excluding carboxylic acids is 2. The molecule has 0 saturated heterocycles. The third kappa shape index (κ3) is 4.75. The van der Waals surface area contributed by atoms with Crippen molar-refractivity contribution in [3.05, 3.63) is 56.6 Å². The number of hydrogen-bond acceptors (Lipinski definition) is 7. The molecule has 27 heavy (non-hydrogen) atoms. The first kappa shape index (κ1) is 19.1. The van der Waals surface area contributed by atoms with Gasteiger partial charge >= 0.3 is 0 Å². The molecule has 0 radical (unpaired) electrons. The molecule has 2 N–H and O–H groups in total. The zero-order valence-corrected chi connectivity index (χ0v) is 16.7. The first-order valence-electron chi connectivity index (χ1n) is 8.34. The van der Waals surface area contributed by atoms with Crippen LogP contribution >= 0.6 is 22.7 Å². The summed E-state index contributed by atoms with van der Waals surface area (Å²) in [6.45, 7) is 5.85. The minimum Gasteiger partial charge on any atom is -0.342 e. The van der Waals surface area contributed by atoms with Crippen LogP contribution in [-0.2, 0) is 0 Å². The Labute approximate surface area is 164 Å². The van der Waals surface area contributed by atoms with Gasteiger partial charge in [-0.05, 0) is 25.0 Å². The molecular formula is C18H19N5O2S2. The van der Waals surface area contributed by atoms with Crippen molar-refractivity contribution in [2.75, 3.05) is 5.32 Å². The van der Waals surface area contributed by atoms with Crippen molar-refractivity contribution in [3.63, 3.8) is 0 Å². The predicted molar refractivity (Wildman–Crippen MR) is 106 cm³/mol. The SMILES string of the molecule is Cc1cccc(NC(=O)c2csc([C@@H](NC(=O)c3cncs3)C(C)C)n2)n1. The molecule has 3 aromatic rings. The molecule has 0 bridgehead atoms. The second kappa shape index (κ2) is 8.36. The highest BCUT2D eigenvalue weighted by molar-refractivity contribution is 7.11. The summed E-state index contributed by atoms with van der Waals surface area (Å²) in [7, 11) is 0. The number of rotatable bonds is 6. The van der Waals surface area contributed by atoms with Gasteiger partial charge in [-0.1, -0.05) is 19.9 Å². The average molecular weight is 402 g/mol. The fraction of sp³-hybridized carbons (Fsp3) is 0.278. The number of aryl methyl sites for hydroxylation is 1. The van der Waals surface area contributed by atoms with E-state index in [2.05, 4.69) is 25.6 Å². The molecule has 1 atom stereocenters. The second-order valence-electron chi connectivity index (χ2n) is 6.25. The Bertz CT molecular complexity index is 937. The molecule has 2 amide bonds. The van der Waals surface area contributed by atoms with Gasteiger partial charge < -0.3 is 10.6 Å². The summed E-state index contributed by atoms with van der Waals surface area (Å²) >= 11 is 2.63. The van der Waals surface area contributed by atoms with E-state index in [1.807, 2.05) is 32.9 Å². The van der Waals surface area contributed by atoms with Crippen LogP contribution in [0.25, 0.3) is 0 Å². The molecule has 0 aliphatic rings. The molecule has 0 fully saturated rings. The molecule has 140 valence electrons. The van der Waals surface area contributed by atoms with Gasteiger partial charge in [0.15, 0.2) is 0 Å². The highest BCUT2D eigenvalue weighted by Crippen LogP contribution is 2.26. The van der Waals surface area contributed by atoms with Gasteiger partial charge in [-0.25, -0.2) is 9.97 Å². The first-order valence-corrected chi connectivity index (χ1v) is 10.1. The Kier molecular flexibility index (Phi) is 5.92. The van der Waals surface area contributed by atoms with Crippen LogP contribution in [0.2, 0.25) is 0 Å². The van der Waals surface area contributed by atoms with Crippen LogP contribution in [0, 0.1) is 12.8 Å². The number of nitrogens with one attached hydrogen (secondary N) is 2. The van der Waals surface area contributed by atoms with Crippen molar-refractivity contribution in [1.29, 1.82) is 0 Å². The number of thiazole rings is 2. The Morgan fingerprint density at radius 1 is 1.11 bits per heavy atom. The van der Waals surface area contributed by atoms with E-state index in [9.17, 15) is 9.59 Å². The van der Waals surface area contributed by atoms with E-state index in [0.717, 1.165) is 5.69 Å². The summed E-state index contributed by atoms with van der Waals surface area (Å²) in [4.78, 5) is 38.0. The lowest BCUT2D eigenvalue weighted by molar-refractivity contribution is 0.0929. The lowest BCUT2D eigenvalue weighted by Gasteiger charge is -2.19. The Morgan fingerprint density at radius 2 is 1.93 bits per heavy atom. The van der Waals surface area contributed by atoms with Crippen LogP contribution in [0.1, 0.15) is 50.8 Å². The van der Waals surface area contributed by atoms with Crippen LogP contribution in [0.3, 0.4) is 0 Å². The maximum Gasteiger partial charge on any atom is 0.276 e. The second-order valence-corrected chi connectivity index (χ2v) is 8.03. The lowest BCUT2D eigenvalue weighted by Crippen LogP contribution is -2.31. The molecule has 3 heterocycles. The number of anilines is 1. The molecule has 0 aliphatic carbocycles. The third-order valence-corrected chi connectivity index (χ3v) is 5.46. The number of nitrogens with zero attached hydrogens (tertiary/aromatic N) is 3. The summed E-state index contributed by atoms with van der Waals surface area (Å²) in [5, 5.41) is 8.10. The van der Waals surface area contributed by atoms with Gasteiger partial charge in [0.25, 0.3) is 11.8 Å².